The number of aromatic nitrogens is 4. The molecule has 3 heterocycles. The van der Waals surface area contributed by atoms with Crippen molar-refractivity contribution in [1.82, 2.24) is 19.3 Å². The summed E-state index contributed by atoms with van der Waals surface area (Å²) in [7, 11) is -0.903. The number of halogens is 3. The third-order valence-corrected chi connectivity index (χ3v) is 5.01. The monoisotopic (exact) mass is 435 g/mol. The van der Waals surface area contributed by atoms with Crippen LogP contribution in [-0.2, 0) is 23.0 Å². The van der Waals surface area contributed by atoms with Gasteiger partial charge in [-0.1, -0.05) is 0 Å². The maximum Gasteiger partial charge on any atom is 0.417 e. The van der Waals surface area contributed by atoms with Crippen LogP contribution in [0.25, 0.3) is 27.8 Å². The summed E-state index contributed by atoms with van der Waals surface area (Å²) in [5.74, 6) is -0.347. The molecule has 0 atom stereocenters. The summed E-state index contributed by atoms with van der Waals surface area (Å²) in [6, 6.07) is 7.01. The molecule has 0 spiro atoms. The molecule has 156 valence electrons. The summed E-state index contributed by atoms with van der Waals surface area (Å²) < 4.78 is 57.4. The molecule has 3 aromatic heterocycles. The number of aryl methyl sites for hydroxylation is 1. The zero-order chi connectivity index (χ0) is 21.8. The Kier molecular flexibility index (Phi) is 4.46. The van der Waals surface area contributed by atoms with Crippen molar-refractivity contribution in [2.45, 2.75) is 6.18 Å². The third-order valence-electron chi connectivity index (χ3n) is 4.40. The average Bonchev–Trinajstić information content (AvgIpc) is 3.14. The molecule has 0 aliphatic carbocycles. The van der Waals surface area contributed by atoms with Crippen LogP contribution in [0.4, 0.5) is 13.2 Å². The molecule has 0 unspecified atom stereocenters. The van der Waals surface area contributed by atoms with Crippen molar-refractivity contribution < 1.29 is 22.2 Å². The fraction of sp³-hybridized carbons (Fsp3) is 0.211. The average molecular weight is 435 g/mol. The van der Waals surface area contributed by atoms with Gasteiger partial charge in [-0.2, -0.15) is 22.6 Å². The lowest BCUT2D eigenvalue weighted by Gasteiger charge is -2.09. The first-order valence-electron chi connectivity index (χ1n) is 8.67. The van der Waals surface area contributed by atoms with Crippen molar-refractivity contribution in [1.29, 1.82) is 0 Å². The Bertz CT molecular complexity index is 1420. The van der Waals surface area contributed by atoms with Crippen LogP contribution in [0.5, 0.6) is 0 Å². The summed E-state index contributed by atoms with van der Waals surface area (Å²) in [5, 5.41) is 5.74. The predicted molar refractivity (Wildman–Crippen MR) is 107 cm³/mol. The molecule has 0 radical (unpaired) electrons. The Morgan fingerprint density at radius 1 is 1.13 bits per heavy atom. The zero-order valence-electron chi connectivity index (χ0n) is 16.1. The van der Waals surface area contributed by atoms with Gasteiger partial charge in [0.1, 0.15) is 5.82 Å². The van der Waals surface area contributed by atoms with Crippen molar-refractivity contribution in [2.75, 3.05) is 12.5 Å². The van der Waals surface area contributed by atoms with Gasteiger partial charge in [0.2, 0.25) is 0 Å². The standard InChI is InChI=1S/C19H16F3N5O2S/c1-26-10-14-13-8-11(18(28)25-30(2,3)29)4-6-15(13)27(17(14)24-26)16-7-5-12(9-23-16)19(20,21)22/h4-10H,1-3H3. The highest BCUT2D eigenvalue weighted by Crippen LogP contribution is 2.33. The zero-order valence-corrected chi connectivity index (χ0v) is 17.0. The first-order chi connectivity index (χ1) is 13.9. The number of rotatable bonds is 2. The van der Waals surface area contributed by atoms with E-state index in [2.05, 4.69) is 14.4 Å². The molecule has 0 N–H and O–H groups in total. The largest absolute Gasteiger partial charge is 0.417 e. The number of alkyl halides is 3. The summed E-state index contributed by atoms with van der Waals surface area (Å²) >= 11 is 0. The van der Waals surface area contributed by atoms with Crippen LogP contribution in [0.15, 0.2) is 47.1 Å². The molecule has 4 aromatic rings. The van der Waals surface area contributed by atoms with Crippen molar-refractivity contribution in [3.63, 3.8) is 0 Å². The fourth-order valence-electron chi connectivity index (χ4n) is 3.20. The maximum atomic E-state index is 12.9. The van der Waals surface area contributed by atoms with Crippen molar-refractivity contribution in [3.8, 4) is 5.82 Å². The van der Waals surface area contributed by atoms with Gasteiger partial charge in [0.05, 0.1) is 11.1 Å². The van der Waals surface area contributed by atoms with Crippen molar-refractivity contribution in [3.05, 3.63) is 53.9 Å². The van der Waals surface area contributed by atoms with E-state index in [1.54, 1.807) is 34.6 Å². The first-order valence-corrected chi connectivity index (χ1v) is 11.0. The second kappa shape index (κ2) is 6.66. The molecule has 0 aliphatic heterocycles. The number of carbonyl (C=O) groups excluding carboxylic acids is 1. The van der Waals surface area contributed by atoms with Crippen LogP contribution in [0, 0.1) is 0 Å². The topological polar surface area (TPSA) is 82.1 Å². The van der Waals surface area contributed by atoms with Crippen molar-refractivity contribution >= 4 is 37.6 Å². The molecule has 0 saturated carbocycles. The second-order valence-corrected chi connectivity index (χ2v) is 9.63. The Hall–Kier alpha value is -3.21. The predicted octanol–water partition coefficient (Wildman–Crippen LogP) is 3.80. The lowest BCUT2D eigenvalue weighted by atomic mass is 10.1. The smallest absolute Gasteiger partial charge is 0.276 e. The summed E-state index contributed by atoms with van der Waals surface area (Å²) in [6.07, 6.45) is 0.768. The van der Waals surface area contributed by atoms with Gasteiger partial charge in [0.25, 0.3) is 5.91 Å². The van der Waals surface area contributed by atoms with Gasteiger partial charge < -0.3 is 0 Å². The van der Waals surface area contributed by atoms with Gasteiger partial charge in [-0.15, -0.1) is 0 Å². The Morgan fingerprint density at radius 2 is 1.87 bits per heavy atom. The Morgan fingerprint density at radius 3 is 2.47 bits per heavy atom. The van der Waals surface area contributed by atoms with E-state index in [0.29, 0.717) is 21.9 Å². The van der Waals surface area contributed by atoms with Crippen LogP contribution in [-0.4, -0.2) is 42.0 Å². The first kappa shape index (κ1) is 20.1. The van der Waals surface area contributed by atoms with Gasteiger partial charge in [-0.3, -0.25) is 14.0 Å². The van der Waals surface area contributed by atoms with E-state index in [9.17, 15) is 22.2 Å². The molecule has 1 amide bonds. The molecular weight excluding hydrogens is 419 g/mol. The number of fused-ring (bicyclic) bond motifs is 3. The third kappa shape index (κ3) is 3.56. The van der Waals surface area contributed by atoms with Crippen molar-refractivity contribution in [2.24, 2.45) is 11.4 Å². The minimum atomic E-state index is -4.49. The Balaban J connectivity index is 1.94. The number of carbonyl (C=O) groups is 1. The highest BCUT2D eigenvalue weighted by Gasteiger charge is 2.31. The minimum absolute atomic E-state index is 0.252. The minimum Gasteiger partial charge on any atom is -0.276 e. The number of amides is 1. The van der Waals surface area contributed by atoms with Gasteiger partial charge in [0.15, 0.2) is 5.65 Å². The number of hydrogen-bond donors (Lipinski definition) is 0. The highest BCUT2D eigenvalue weighted by atomic mass is 32.2. The molecular formula is C19H16F3N5O2S. The second-order valence-electron chi connectivity index (χ2n) is 7.09. The van der Waals surface area contributed by atoms with E-state index in [0.717, 1.165) is 12.3 Å². The number of pyridine rings is 1. The molecule has 0 saturated heterocycles. The van der Waals surface area contributed by atoms with E-state index in [1.807, 2.05) is 0 Å². The van der Waals surface area contributed by atoms with E-state index in [4.69, 9.17) is 0 Å². The van der Waals surface area contributed by atoms with E-state index in [-0.39, 0.29) is 11.4 Å². The summed E-state index contributed by atoms with van der Waals surface area (Å²) in [6.45, 7) is 0. The summed E-state index contributed by atoms with van der Waals surface area (Å²) in [4.78, 5) is 16.3. The van der Waals surface area contributed by atoms with Gasteiger partial charge in [-0.25, -0.2) is 9.19 Å². The SMILES string of the molecule is Cn1cc2c3cc(C(=O)N=S(C)(C)=O)ccc3n(-c3ccc(C(F)(F)F)cn3)c2n1. The number of hydrogen-bond acceptors (Lipinski definition) is 4. The van der Waals surface area contributed by atoms with E-state index >= 15 is 0 Å². The normalized spacial score (nSPS) is 12.6. The molecule has 7 nitrogen and oxygen atoms in total. The quantitative estimate of drug-likeness (QED) is 0.480. The van der Waals surface area contributed by atoms with E-state index in [1.165, 1.54) is 24.6 Å². The van der Waals surface area contributed by atoms with E-state index < -0.39 is 27.4 Å². The molecule has 30 heavy (non-hydrogen) atoms. The molecule has 0 aliphatic rings. The molecule has 4 rings (SSSR count). The van der Waals surface area contributed by atoms with Crippen LogP contribution in [0.2, 0.25) is 0 Å². The lowest BCUT2D eigenvalue weighted by molar-refractivity contribution is -0.137. The number of nitrogens with zero attached hydrogens (tertiary/aromatic N) is 5. The lowest BCUT2D eigenvalue weighted by Crippen LogP contribution is -2.07. The van der Waals surface area contributed by atoms with Crippen LogP contribution < -0.4 is 0 Å². The molecule has 11 heteroatoms. The van der Waals surface area contributed by atoms with Crippen LogP contribution in [0.1, 0.15) is 15.9 Å². The van der Waals surface area contributed by atoms with Crippen LogP contribution >= 0.6 is 0 Å². The highest BCUT2D eigenvalue weighted by molar-refractivity contribution is 7.92. The van der Waals surface area contributed by atoms with Gasteiger partial charge in [0, 0.05) is 58.0 Å². The number of benzene rings is 1. The van der Waals surface area contributed by atoms with Gasteiger partial charge in [-0.05, 0) is 30.3 Å². The molecule has 0 fully saturated rings. The summed E-state index contributed by atoms with van der Waals surface area (Å²) in [5.41, 5.74) is 0.501. The molecule has 1 aromatic carbocycles. The maximum absolute atomic E-state index is 12.9. The Labute approximate surface area is 169 Å². The molecule has 0 bridgehead atoms. The van der Waals surface area contributed by atoms with Crippen LogP contribution in [0.3, 0.4) is 0 Å². The van der Waals surface area contributed by atoms with Gasteiger partial charge >= 0.3 is 6.18 Å². The fourth-order valence-corrected chi connectivity index (χ4v) is 3.70.